The molecule has 3 N–H and O–H groups in total. The molecule has 1 atom stereocenters. The first kappa shape index (κ1) is 22.7. The normalized spacial score (nSPS) is 15.5. The second kappa shape index (κ2) is 12.0. The molecule has 0 aromatic heterocycles. The van der Waals surface area contributed by atoms with E-state index in [1.807, 2.05) is 54.6 Å². The monoisotopic (exact) mass is 422 g/mol. The highest BCUT2D eigenvalue weighted by atomic mass is 16.5. The van der Waals surface area contributed by atoms with E-state index in [-0.39, 0.29) is 24.5 Å². The van der Waals surface area contributed by atoms with Gasteiger partial charge >= 0.3 is 5.97 Å². The highest BCUT2D eigenvalue weighted by Crippen LogP contribution is 2.27. The molecule has 1 aliphatic carbocycles. The molecule has 6 heteroatoms. The van der Waals surface area contributed by atoms with Crippen molar-refractivity contribution in [2.45, 2.75) is 51.3 Å². The van der Waals surface area contributed by atoms with Crippen LogP contribution in [-0.2, 0) is 27.5 Å². The van der Waals surface area contributed by atoms with Crippen LogP contribution in [0.3, 0.4) is 0 Å². The number of hydroxylamine groups is 1. The molecule has 1 aliphatic rings. The van der Waals surface area contributed by atoms with Gasteiger partial charge in [-0.05, 0) is 41.5 Å². The van der Waals surface area contributed by atoms with E-state index in [0.29, 0.717) is 6.54 Å². The van der Waals surface area contributed by atoms with Crippen molar-refractivity contribution in [3.05, 3.63) is 77.4 Å². The predicted molar refractivity (Wildman–Crippen MR) is 119 cm³/mol. The van der Waals surface area contributed by atoms with Gasteiger partial charge in [0.15, 0.2) is 0 Å². The predicted octanol–water partition coefficient (Wildman–Crippen LogP) is 3.99. The Hall–Kier alpha value is -2.96. The number of esters is 1. The SMILES string of the molecule is O=C(C=Cc1ccc(CN[C@H](C(=O)OCc2ccccc2)C2CCCCC2)cc1)NO. The van der Waals surface area contributed by atoms with Crippen LogP contribution < -0.4 is 10.8 Å². The van der Waals surface area contributed by atoms with Gasteiger partial charge in [-0.15, -0.1) is 0 Å². The highest BCUT2D eigenvalue weighted by Gasteiger charge is 2.30. The van der Waals surface area contributed by atoms with Crippen LogP contribution in [0.2, 0.25) is 0 Å². The minimum atomic E-state index is -0.574. The lowest BCUT2D eigenvalue weighted by atomic mass is 9.83. The summed E-state index contributed by atoms with van der Waals surface area (Å²) in [5.74, 6) is -0.475. The second-order valence-corrected chi connectivity index (χ2v) is 7.90. The van der Waals surface area contributed by atoms with Gasteiger partial charge in [-0.3, -0.25) is 14.8 Å². The summed E-state index contributed by atoms with van der Waals surface area (Å²) in [5.41, 5.74) is 4.43. The number of rotatable bonds is 9. The third kappa shape index (κ3) is 7.35. The molecule has 164 valence electrons. The molecular weight excluding hydrogens is 392 g/mol. The van der Waals surface area contributed by atoms with Crippen molar-refractivity contribution in [1.29, 1.82) is 0 Å². The van der Waals surface area contributed by atoms with Gasteiger partial charge in [0.05, 0.1) is 0 Å². The summed E-state index contributed by atoms with van der Waals surface area (Å²) in [4.78, 5) is 24.0. The summed E-state index contributed by atoms with van der Waals surface area (Å²) < 4.78 is 5.65. The van der Waals surface area contributed by atoms with E-state index < -0.39 is 5.91 Å². The van der Waals surface area contributed by atoms with Crippen LogP contribution in [0.15, 0.2) is 60.7 Å². The largest absolute Gasteiger partial charge is 0.460 e. The number of amides is 1. The van der Waals surface area contributed by atoms with E-state index >= 15 is 0 Å². The van der Waals surface area contributed by atoms with Gasteiger partial charge in [-0.25, -0.2) is 5.48 Å². The lowest BCUT2D eigenvalue weighted by Crippen LogP contribution is -2.44. The maximum absolute atomic E-state index is 12.9. The number of carbonyl (C=O) groups is 2. The molecule has 31 heavy (non-hydrogen) atoms. The van der Waals surface area contributed by atoms with Crippen LogP contribution in [0, 0.1) is 5.92 Å². The van der Waals surface area contributed by atoms with Gasteiger partial charge in [-0.2, -0.15) is 0 Å². The number of carbonyl (C=O) groups excluding carboxylic acids is 2. The zero-order valence-corrected chi connectivity index (χ0v) is 17.6. The van der Waals surface area contributed by atoms with Gasteiger partial charge < -0.3 is 10.1 Å². The van der Waals surface area contributed by atoms with Crippen molar-refractivity contribution in [2.75, 3.05) is 0 Å². The van der Waals surface area contributed by atoms with Crippen LogP contribution in [0.25, 0.3) is 6.08 Å². The average Bonchev–Trinajstić information content (AvgIpc) is 2.83. The average molecular weight is 423 g/mol. The summed E-state index contributed by atoms with van der Waals surface area (Å²) in [6, 6.07) is 17.1. The highest BCUT2D eigenvalue weighted by molar-refractivity contribution is 5.90. The Morgan fingerprint density at radius 1 is 1.00 bits per heavy atom. The molecule has 2 aromatic rings. The Balaban J connectivity index is 1.59. The second-order valence-electron chi connectivity index (χ2n) is 7.90. The van der Waals surface area contributed by atoms with Gasteiger partial charge in [0.2, 0.25) is 0 Å². The first-order chi connectivity index (χ1) is 15.2. The molecule has 0 radical (unpaired) electrons. The quantitative estimate of drug-likeness (QED) is 0.246. The minimum Gasteiger partial charge on any atom is -0.460 e. The van der Waals surface area contributed by atoms with Gasteiger partial charge in [0.1, 0.15) is 12.6 Å². The molecule has 0 saturated heterocycles. The molecule has 2 aromatic carbocycles. The molecule has 0 aliphatic heterocycles. The molecule has 1 amide bonds. The maximum Gasteiger partial charge on any atom is 0.323 e. The molecule has 1 fully saturated rings. The van der Waals surface area contributed by atoms with E-state index in [1.54, 1.807) is 11.6 Å². The Labute approximate surface area is 183 Å². The van der Waals surface area contributed by atoms with E-state index in [0.717, 1.165) is 42.4 Å². The van der Waals surface area contributed by atoms with Crippen molar-refractivity contribution in [2.24, 2.45) is 5.92 Å². The lowest BCUT2D eigenvalue weighted by molar-refractivity contribution is -0.149. The van der Waals surface area contributed by atoms with Crippen molar-refractivity contribution >= 4 is 18.0 Å². The smallest absolute Gasteiger partial charge is 0.323 e. The number of hydrogen-bond donors (Lipinski definition) is 3. The summed E-state index contributed by atoms with van der Waals surface area (Å²) in [7, 11) is 0. The molecule has 0 bridgehead atoms. The fourth-order valence-electron chi connectivity index (χ4n) is 3.91. The van der Waals surface area contributed by atoms with E-state index in [4.69, 9.17) is 9.94 Å². The molecule has 0 heterocycles. The van der Waals surface area contributed by atoms with E-state index in [1.165, 1.54) is 12.5 Å². The van der Waals surface area contributed by atoms with E-state index in [2.05, 4.69) is 5.32 Å². The van der Waals surface area contributed by atoms with Crippen LogP contribution in [0.4, 0.5) is 0 Å². The van der Waals surface area contributed by atoms with E-state index in [9.17, 15) is 9.59 Å². The Kier molecular flexibility index (Phi) is 8.82. The summed E-state index contributed by atoms with van der Waals surface area (Å²) in [5, 5.41) is 12.0. The van der Waals surface area contributed by atoms with Crippen molar-refractivity contribution in [1.82, 2.24) is 10.8 Å². The lowest BCUT2D eigenvalue weighted by Gasteiger charge is -2.29. The molecule has 0 spiro atoms. The van der Waals surface area contributed by atoms with Crippen LogP contribution in [0.5, 0.6) is 0 Å². The number of ether oxygens (including phenoxy) is 1. The number of benzene rings is 2. The zero-order valence-electron chi connectivity index (χ0n) is 17.6. The Bertz CT molecular complexity index is 859. The topological polar surface area (TPSA) is 87.7 Å². The molecule has 3 rings (SSSR count). The zero-order chi connectivity index (χ0) is 21.9. The van der Waals surface area contributed by atoms with Crippen molar-refractivity contribution in [3.63, 3.8) is 0 Å². The van der Waals surface area contributed by atoms with Gasteiger partial charge in [-0.1, -0.05) is 73.9 Å². The maximum atomic E-state index is 12.9. The van der Waals surface area contributed by atoms with Crippen molar-refractivity contribution in [3.8, 4) is 0 Å². The first-order valence-corrected chi connectivity index (χ1v) is 10.8. The van der Waals surface area contributed by atoms with Crippen LogP contribution in [-0.4, -0.2) is 23.1 Å². The van der Waals surface area contributed by atoms with Crippen LogP contribution in [0.1, 0.15) is 48.8 Å². The molecular formula is C25H30N2O4. The minimum absolute atomic E-state index is 0.190. The number of hydrogen-bond acceptors (Lipinski definition) is 5. The summed E-state index contributed by atoms with van der Waals surface area (Å²) in [6.45, 7) is 0.843. The molecule has 0 unspecified atom stereocenters. The van der Waals surface area contributed by atoms with Gasteiger partial charge in [0, 0.05) is 12.6 Å². The first-order valence-electron chi connectivity index (χ1n) is 10.8. The number of nitrogens with one attached hydrogen (secondary N) is 2. The summed E-state index contributed by atoms with van der Waals surface area (Å²) >= 11 is 0. The molecule has 1 saturated carbocycles. The Morgan fingerprint density at radius 3 is 2.39 bits per heavy atom. The fourth-order valence-corrected chi connectivity index (χ4v) is 3.91. The summed E-state index contributed by atoms with van der Waals surface area (Å²) in [6.07, 6.45) is 8.48. The Morgan fingerprint density at radius 2 is 1.71 bits per heavy atom. The van der Waals surface area contributed by atoms with Crippen LogP contribution >= 0.6 is 0 Å². The molecule has 6 nitrogen and oxygen atoms in total. The van der Waals surface area contributed by atoms with Gasteiger partial charge in [0.25, 0.3) is 5.91 Å². The third-order valence-electron chi connectivity index (χ3n) is 5.64. The van der Waals surface area contributed by atoms with Crippen molar-refractivity contribution < 1.29 is 19.5 Å². The fraction of sp³-hybridized carbons (Fsp3) is 0.360. The third-order valence-corrected chi connectivity index (χ3v) is 5.64. The standard InChI is InChI=1S/C25H30N2O4/c28-23(27-30)16-15-19-11-13-20(14-12-19)17-26-24(22-9-5-2-6-10-22)25(29)31-18-21-7-3-1-4-8-21/h1,3-4,7-8,11-16,22,24,26,30H,2,5-6,9-10,17-18H2,(H,27,28)/t24-/m0/s1.